The van der Waals surface area contributed by atoms with E-state index in [1.165, 1.54) is 0 Å². The number of alkyl halides is 3. The molecule has 6 heteroatoms. The third-order valence-electron chi connectivity index (χ3n) is 2.16. The van der Waals surface area contributed by atoms with Crippen LogP contribution in [0.3, 0.4) is 0 Å². The molecule has 0 radical (unpaired) electrons. The lowest BCUT2D eigenvalue weighted by atomic mass is 10.0. The van der Waals surface area contributed by atoms with Crippen LogP contribution in [0.25, 0.3) is 0 Å². The van der Waals surface area contributed by atoms with Crippen LogP contribution in [0, 0.1) is 5.92 Å². The molecule has 0 aromatic carbocycles. The molecule has 1 aliphatic heterocycles. The van der Waals surface area contributed by atoms with Crippen LogP contribution >= 0.6 is 0 Å². The largest absolute Gasteiger partial charge is 0.391 e. The number of ether oxygens (including phenoxy) is 2. The number of hydrogen-bond acceptors (Lipinski definition) is 3. The van der Waals surface area contributed by atoms with Gasteiger partial charge in [0.1, 0.15) is 6.61 Å². The van der Waals surface area contributed by atoms with Crippen molar-refractivity contribution in [3.05, 3.63) is 0 Å². The van der Waals surface area contributed by atoms with Crippen LogP contribution < -0.4 is 0 Å². The Morgan fingerprint density at radius 3 is 2.73 bits per heavy atom. The molecule has 1 aliphatic rings. The summed E-state index contributed by atoms with van der Waals surface area (Å²) in [5, 5.41) is 0. The van der Waals surface area contributed by atoms with Crippen LogP contribution in [0.1, 0.15) is 12.8 Å². The first-order valence-corrected chi connectivity index (χ1v) is 4.74. The van der Waals surface area contributed by atoms with Crippen molar-refractivity contribution in [3.8, 4) is 0 Å². The summed E-state index contributed by atoms with van der Waals surface area (Å²) in [6.07, 6.45) is -4.59. The predicted molar refractivity (Wildman–Crippen MR) is 45.4 cm³/mol. The van der Waals surface area contributed by atoms with Crippen molar-refractivity contribution in [1.29, 1.82) is 0 Å². The fourth-order valence-electron chi connectivity index (χ4n) is 1.27. The van der Waals surface area contributed by atoms with E-state index in [0.29, 0.717) is 19.6 Å². The van der Waals surface area contributed by atoms with Gasteiger partial charge in [0.2, 0.25) is 0 Å². The normalized spacial score (nSPS) is 21.9. The van der Waals surface area contributed by atoms with Crippen molar-refractivity contribution in [3.63, 3.8) is 0 Å². The Bertz CT molecular complexity index is 209. The van der Waals surface area contributed by atoms with Gasteiger partial charge < -0.3 is 9.47 Å². The van der Waals surface area contributed by atoms with Gasteiger partial charge in [0.25, 0.3) is 0 Å². The molecule has 0 bridgehead atoms. The third-order valence-corrected chi connectivity index (χ3v) is 2.16. The molecule has 1 saturated heterocycles. The first-order chi connectivity index (χ1) is 6.99. The van der Waals surface area contributed by atoms with Gasteiger partial charge in [0.15, 0.2) is 5.78 Å². The van der Waals surface area contributed by atoms with Crippen LogP contribution in [0.5, 0.6) is 0 Å². The summed E-state index contributed by atoms with van der Waals surface area (Å²) in [5.41, 5.74) is 0. The second-order valence-electron chi connectivity index (χ2n) is 3.44. The summed E-state index contributed by atoms with van der Waals surface area (Å²) in [5.74, 6) is -0.370. The first kappa shape index (κ1) is 12.4. The van der Waals surface area contributed by atoms with Crippen LogP contribution in [-0.2, 0) is 14.3 Å². The Hall–Kier alpha value is -0.620. The topological polar surface area (TPSA) is 35.5 Å². The van der Waals surface area contributed by atoms with E-state index in [9.17, 15) is 18.0 Å². The summed E-state index contributed by atoms with van der Waals surface area (Å²) in [4.78, 5) is 11.3. The number of rotatable bonds is 5. The van der Waals surface area contributed by atoms with Gasteiger partial charge in [-0.15, -0.1) is 0 Å². The lowest BCUT2D eigenvalue weighted by Crippen LogP contribution is -2.21. The fourth-order valence-corrected chi connectivity index (χ4v) is 1.27. The third kappa shape index (κ3) is 5.13. The van der Waals surface area contributed by atoms with Gasteiger partial charge >= 0.3 is 6.18 Å². The number of ketones is 1. The number of carbonyl (C=O) groups excluding carboxylic acids is 1. The maximum Gasteiger partial charge on any atom is 0.391 e. The van der Waals surface area contributed by atoms with E-state index in [4.69, 9.17) is 4.74 Å². The minimum Gasteiger partial charge on any atom is -0.381 e. The average molecular weight is 226 g/mol. The fraction of sp³-hybridized carbons (Fsp3) is 0.889. The number of hydrogen-bond donors (Lipinski definition) is 0. The van der Waals surface area contributed by atoms with E-state index in [2.05, 4.69) is 4.74 Å². The number of carbonyl (C=O) groups is 1. The Labute approximate surface area is 85.5 Å². The van der Waals surface area contributed by atoms with E-state index in [0.717, 1.165) is 0 Å². The Morgan fingerprint density at radius 2 is 2.20 bits per heavy atom. The first-order valence-electron chi connectivity index (χ1n) is 4.74. The molecule has 1 fully saturated rings. The molecular formula is C9H13F3O3. The van der Waals surface area contributed by atoms with Crippen LogP contribution in [0.2, 0.25) is 0 Å². The molecule has 0 spiro atoms. The van der Waals surface area contributed by atoms with Crippen molar-refractivity contribution in [1.82, 2.24) is 0 Å². The molecule has 1 unspecified atom stereocenters. The van der Waals surface area contributed by atoms with Crippen LogP contribution in [0.15, 0.2) is 0 Å². The lowest BCUT2D eigenvalue weighted by Gasteiger charge is -2.08. The standard InChI is InChI=1S/C9H13F3O3/c10-9(11,12)2-4-15-6-8(13)7-1-3-14-5-7/h7H,1-6H2. The van der Waals surface area contributed by atoms with E-state index in [1.54, 1.807) is 0 Å². The van der Waals surface area contributed by atoms with Crippen molar-refractivity contribution < 1.29 is 27.4 Å². The zero-order valence-corrected chi connectivity index (χ0v) is 8.18. The van der Waals surface area contributed by atoms with Gasteiger partial charge in [-0.25, -0.2) is 0 Å². The Kier molecular flexibility index (Phi) is 4.53. The molecule has 1 heterocycles. The molecule has 0 aromatic heterocycles. The summed E-state index contributed by atoms with van der Waals surface area (Å²) < 4.78 is 44.7. The molecule has 0 saturated carbocycles. The molecule has 3 nitrogen and oxygen atoms in total. The van der Waals surface area contributed by atoms with Gasteiger partial charge in [-0.2, -0.15) is 13.2 Å². The molecule has 0 amide bonds. The summed E-state index contributed by atoms with van der Waals surface area (Å²) in [6, 6.07) is 0. The smallest absolute Gasteiger partial charge is 0.381 e. The van der Waals surface area contributed by atoms with E-state index in [-0.39, 0.29) is 18.3 Å². The molecule has 0 N–H and O–H groups in total. The average Bonchev–Trinajstić information content (AvgIpc) is 2.63. The maximum absolute atomic E-state index is 11.7. The van der Waals surface area contributed by atoms with E-state index in [1.807, 2.05) is 0 Å². The van der Waals surface area contributed by atoms with Crippen molar-refractivity contribution in [2.45, 2.75) is 19.0 Å². The van der Waals surface area contributed by atoms with Gasteiger partial charge in [-0.05, 0) is 6.42 Å². The number of Topliss-reactive ketones (excluding diaryl/α,β-unsaturated/α-hetero) is 1. The molecule has 0 aromatic rings. The zero-order chi connectivity index (χ0) is 11.3. The highest BCUT2D eigenvalue weighted by Gasteiger charge is 2.27. The van der Waals surface area contributed by atoms with Crippen molar-refractivity contribution in [2.24, 2.45) is 5.92 Å². The highest BCUT2D eigenvalue weighted by Crippen LogP contribution is 2.19. The molecule has 88 valence electrons. The minimum atomic E-state index is -4.22. The highest BCUT2D eigenvalue weighted by molar-refractivity contribution is 5.82. The van der Waals surface area contributed by atoms with Crippen LogP contribution in [0.4, 0.5) is 13.2 Å². The molecular weight excluding hydrogens is 213 g/mol. The Balaban J connectivity index is 2.07. The quantitative estimate of drug-likeness (QED) is 0.667. The monoisotopic (exact) mass is 226 g/mol. The van der Waals surface area contributed by atoms with Crippen LogP contribution in [-0.4, -0.2) is 38.4 Å². The second kappa shape index (κ2) is 5.46. The molecule has 0 aliphatic carbocycles. The van der Waals surface area contributed by atoms with E-state index < -0.39 is 19.2 Å². The second-order valence-corrected chi connectivity index (χ2v) is 3.44. The molecule has 15 heavy (non-hydrogen) atoms. The maximum atomic E-state index is 11.7. The van der Waals surface area contributed by atoms with Gasteiger partial charge in [0, 0.05) is 12.5 Å². The summed E-state index contributed by atoms with van der Waals surface area (Å²) in [7, 11) is 0. The zero-order valence-electron chi connectivity index (χ0n) is 8.18. The SMILES string of the molecule is O=C(COCCC(F)(F)F)C1CCOC1. The lowest BCUT2D eigenvalue weighted by molar-refractivity contribution is -0.149. The van der Waals surface area contributed by atoms with Gasteiger partial charge in [0.05, 0.1) is 19.6 Å². The van der Waals surface area contributed by atoms with E-state index >= 15 is 0 Å². The number of halogens is 3. The minimum absolute atomic E-state index is 0.172. The highest BCUT2D eigenvalue weighted by atomic mass is 19.4. The Morgan fingerprint density at radius 1 is 1.47 bits per heavy atom. The van der Waals surface area contributed by atoms with Crippen molar-refractivity contribution >= 4 is 5.78 Å². The molecule has 1 rings (SSSR count). The predicted octanol–water partition coefficient (Wildman–Crippen LogP) is 1.56. The van der Waals surface area contributed by atoms with Gasteiger partial charge in [-0.1, -0.05) is 0 Å². The summed E-state index contributed by atoms with van der Waals surface area (Å²) in [6.45, 7) is 0.202. The van der Waals surface area contributed by atoms with Gasteiger partial charge in [-0.3, -0.25) is 4.79 Å². The molecule has 1 atom stereocenters. The summed E-state index contributed by atoms with van der Waals surface area (Å²) >= 11 is 0. The van der Waals surface area contributed by atoms with Crippen molar-refractivity contribution in [2.75, 3.05) is 26.4 Å².